The lowest BCUT2D eigenvalue weighted by molar-refractivity contribution is 0.590. The van der Waals surface area contributed by atoms with Gasteiger partial charge in [-0.05, 0) is 11.0 Å². The minimum absolute atomic E-state index is 0.149. The molecule has 0 aliphatic heterocycles. The molecule has 2 aromatic rings. The summed E-state index contributed by atoms with van der Waals surface area (Å²) in [5.74, 6) is 0.696. The van der Waals surface area contributed by atoms with Crippen molar-refractivity contribution in [2.45, 2.75) is 32.6 Å². The van der Waals surface area contributed by atoms with E-state index in [4.69, 9.17) is 5.26 Å². The quantitative estimate of drug-likeness (QED) is 0.820. The second kappa shape index (κ2) is 5.19. The molecule has 3 nitrogen and oxygen atoms in total. The topological polar surface area (TPSA) is 49.6 Å². The summed E-state index contributed by atoms with van der Waals surface area (Å²) >= 11 is 0. The van der Waals surface area contributed by atoms with Crippen LogP contribution in [-0.4, -0.2) is 9.97 Å². The summed E-state index contributed by atoms with van der Waals surface area (Å²) < 4.78 is 0. The van der Waals surface area contributed by atoms with Crippen molar-refractivity contribution in [1.82, 2.24) is 9.97 Å². The lowest BCUT2D eigenvalue weighted by atomic mass is 9.87. The number of hydrogen-bond donors (Lipinski definition) is 0. The van der Waals surface area contributed by atoms with Gasteiger partial charge in [-0.3, -0.25) is 0 Å². The minimum Gasteiger partial charge on any atom is -0.236 e. The van der Waals surface area contributed by atoms with E-state index >= 15 is 0 Å². The summed E-state index contributed by atoms with van der Waals surface area (Å²) in [4.78, 5) is 8.59. The van der Waals surface area contributed by atoms with Gasteiger partial charge in [0.1, 0.15) is 0 Å². The molecule has 3 heteroatoms. The van der Waals surface area contributed by atoms with Crippen LogP contribution in [0.2, 0.25) is 0 Å². The molecule has 0 bridgehead atoms. The zero-order chi connectivity index (χ0) is 13.9. The summed E-state index contributed by atoms with van der Waals surface area (Å²) in [7, 11) is 0. The lowest BCUT2D eigenvalue weighted by Gasteiger charge is -2.18. The molecule has 0 unspecified atom stereocenters. The molecule has 1 aromatic carbocycles. The Kier molecular flexibility index (Phi) is 3.62. The third kappa shape index (κ3) is 3.17. The maximum absolute atomic E-state index is 8.61. The monoisotopic (exact) mass is 251 g/mol. The standard InChI is InChI=1S/C16H17N3/c1-16(2,3)14-6-4-13(5-7-14)15-18-10-12(8-9-17)11-19-15/h4-7,10-11H,8H2,1-3H3. The zero-order valence-corrected chi connectivity index (χ0v) is 11.5. The van der Waals surface area contributed by atoms with Gasteiger partial charge in [0.2, 0.25) is 0 Å². The number of hydrogen-bond acceptors (Lipinski definition) is 3. The number of rotatable bonds is 2. The van der Waals surface area contributed by atoms with Crippen molar-refractivity contribution in [2.75, 3.05) is 0 Å². The fourth-order valence-corrected chi connectivity index (χ4v) is 1.81. The molecule has 2 rings (SSSR count). The summed E-state index contributed by atoms with van der Waals surface area (Å²) in [6, 6.07) is 10.4. The smallest absolute Gasteiger partial charge is 0.159 e. The highest BCUT2D eigenvalue weighted by Crippen LogP contribution is 2.24. The first kappa shape index (κ1) is 13.2. The second-order valence-electron chi connectivity index (χ2n) is 5.58. The number of nitrogens with zero attached hydrogens (tertiary/aromatic N) is 3. The maximum atomic E-state index is 8.61. The van der Waals surface area contributed by atoms with Gasteiger partial charge >= 0.3 is 0 Å². The average molecular weight is 251 g/mol. The molecule has 0 aliphatic carbocycles. The van der Waals surface area contributed by atoms with Gasteiger partial charge in [-0.25, -0.2) is 9.97 Å². The van der Waals surface area contributed by atoms with Crippen LogP contribution in [0.1, 0.15) is 31.9 Å². The first-order chi connectivity index (χ1) is 9.00. The van der Waals surface area contributed by atoms with Gasteiger partial charge < -0.3 is 0 Å². The first-order valence-corrected chi connectivity index (χ1v) is 6.29. The van der Waals surface area contributed by atoms with Crippen LogP contribution in [0.25, 0.3) is 11.4 Å². The molecule has 0 atom stereocenters. The molecule has 0 radical (unpaired) electrons. The highest BCUT2D eigenvalue weighted by molar-refractivity contribution is 5.55. The van der Waals surface area contributed by atoms with E-state index in [-0.39, 0.29) is 5.41 Å². The number of aromatic nitrogens is 2. The molecule has 0 fully saturated rings. The van der Waals surface area contributed by atoms with Crippen LogP contribution in [0.5, 0.6) is 0 Å². The minimum atomic E-state index is 0.149. The maximum Gasteiger partial charge on any atom is 0.159 e. The fraction of sp³-hybridized carbons (Fsp3) is 0.312. The molecule has 19 heavy (non-hydrogen) atoms. The molecule has 0 spiro atoms. The Labute approximate surface area is 114 Å². The Morgan fingerprint density at radius 1 is 1.05 bits per heavy atom. The van der Waals surface area contributed by atoms with Gasteiger partial charge in [0.15, 0.2) is 5.82 Å². The van der Waals surface area contributed by atoms with E-state index in [0.29, 0.717) is 12.2 Å². The lowest BCUT2D eigenvalue weighted by Crippen LogP contribution is -2.10. The molecule has 1 heterocycles. The number of nitriles is 1. The molecule has 96 valence electrons. The second-order valence-corrected chi connectivity index (χ2v) is 5.58. The normalized spacial score (nSPS) is 11.1. The summed E-state index contributed by atoms with van der Waals surface area (Å²) in [5, 5.41) is 8.61. The van der Waals surface area contributed by atoms with E-state index in [1.807, 2.05) is 12.1 Å². The van der Waals surface area contributed by atoms with Gasteiger partial charge in [0.05, 0.1) is 12.5 Å². The van der Waals surface area contributed by atoms with Gasteiger partial charge in [0, 0.05) is 23.5 Å². The van der Waals surface area contributed by atoms with E-state index in [9.17, 15) is 0 Å². The van der Waals surface area contributed by atoms with Crippen molar-refractivity contribution in [1.29, 1.82) is 5.26 Å². The van der Waals surface area contributed by atoms with Gasteiger partial charge in [-0.2, -0.15) is 5.26 Å². The van der Waals surface area contributed by atoms with Crippen molar-refractivity contribution in [3.8, 4) is 17.5 Å². The van der Waals surface area contributed by atoms with Crippen LogP contribution in [0, 0.1) is 11.3 Å². The van der Waals surface area contributed by atoms with Gasteiger partial charge in [-0.15, -0.1) is 0 Å². The predicted octanol–water partition coefficient (Wildman–Crippen LogP) is 3.51. The van der Waals surface area contributed by atoms with Crippen molar-refractivity contribution < 1.29 is 0 Å². The molecule has 0 amide bonds. The Bertz CT molecular complexity index is 584. The number of benzene rings is 1. The molecule has 1 aromatic heterocycles. The van der Waals surface area contributed by atoms with Gasteiger partial charge in [0.25, 0.3) is 0 Å². The van der Waals surface area contributed by atoms with Crippen LogP contribution in [0.4, 0.5) is 0 Å². The van der Waals surface area contributed by atoms with Crippen LogP contribution in [0.15, 0.2) is 36.7 Å². The van der Waals surface area contributed by atoms with E-state index in [1.165, 1.54) is 5.56 Å². The molecular weight excluding hydrogens is 234 g/mol. The Morgan fingerprint density at radius 3 is 2.11 bits per heavy atom. The largest absolute Gasteiger partial charge is 0.236 e. The van der Waals surface area contributed by atoms with Crippen LogP contribution in [-0.2, 0) is 11.8 Å². The van der Waals surface area contributed by atoms with Crippen LogP contribution in [0.3, 0.4) is 0 Å². The molecule has 0 saturated carbocycles. The Balaban J connectivity index is 2.25. The van der Waals surface area contributed by atoms with Crippen LogP contribution < -0.4 is 0 Å². The average Bonchev–Trinajstić information content (AvgIpc) is 2.39. The molecule has 0 N–H and O–H groups in total. The molecular formula is C16H17N3. The molecule has 0 saturated heterocycles. The first-order valence-electron chi connectivity index (χ1n) is 6.29. The molecule has 0 aliphatic rings. The van der Waals surface area contributed by atoms with E-state index in [1.54, 1.807) is 12.4 Å². The van der Waals surface area contributed by atoms with Gasteiger partial charge in [-0.1, -0.05) is 45.0 Å². The highest BCUT2D eigenvalue weighted by atomic mass is 14.9. The SMILES string of the molecule is CC(C)(C)c1ccc(-c2ncc(CC#N)cn2)cc1. The Morgan fingerprint density at radius 2 is 1.63 bits per heavy atom. The van der Waals surface area contributed by atoms with Crippen LogP contribution >= 0.6 is 0 Å². The zero-order valence-electron chi connectivity index (χ0n) is 11.5. The predicted molar refractivity (Wildman–Crippen MR) is 75.5 cm³/mol. The van der Waals surface area contributed by atoms with E-state index in [2.05, 4.69) is 48.9 Å². The van der Waals surface area contributed by atoms with Crippen molar-refractivity contribution in [2.24, 2.45) is 0 Å². The Hall–Kier alpha value is -2.21. The highest BCUT2D eigenvalue weighted by Gasteiger charge is 2.13. The van der Waals surface area contributed by atoms with Crippen molar-refractivity contribution >= 4 is 0 Å². The summed E-state index contributed by atoms with van der Waals surface area (Å²) in [6.45, 7) is 6.57. The van der Waals surface area contributed by atoms with Crippen molar-refractivity contribution in [3.05, 3.63) is 47.8 Å². The third-order valence-electron chi connectivity index (χ3n) is 3.00. The summed E-state index contributed by atoms with van der Waals surface area (Å²) in [6.07, 6.45) is 3.77. The fourth-order valence-electron chi connectivity index (χ4n) is 1.81. The van der Waals surface area contributed by atoms with E-state index < -0.39 is 0 Å². The third-order valence-corrected chi connectivity index (χ3v) is 3.00. The van der Waals surface area contributed by atoms with E-state index in [0.717, 1.165) is 11.1 Å². The summed E-state index contributed by atoms with van der Waals surface area (Å²) in [5.41, 5.74) is 3.28. The van der Waals surface area contributed by atoms with Crippen molar-refractivity contribution in [3.63, 3.8) is 0 Å².